The molecule has 0 aliphatic carbocycles. The van der Waals surface area contributed by atoms with Gasteiger partial charge in [0.1, 0.15) is 17.6 Å². The van der Waals surface area contributed by atoms with Gasteiger partial charge in [-0.1, -0.05) is 30.7 Å². The van der Waals surface area contributed by atoms with E-state index in [0.717, 1.165) is 55.0 Å². The van der Waals surface area contributed by atoms with Crippen molar-refractivity contribution in [3.8, 4) is 11.5 Å². The molecule has 2 aromatic carbocycles. The topological polar surface area (TPSA) is 175 Å². The van der Waals surface area contributed by atoms with Crippen molar-refractivity contribution in [2.75, 3.05) is 19.7 Å². The SMILES string of the molecule is C[C@H]1[C@H](O)[C@@H](O)[C@H](OC(=O)c2ccc3nc(CN4CCC(c5cccc6c5O[C@@](C)(c5ccc(Cl)cn5)O6)CC4)n(C[C@@H]4CCO4)c3c2)O[C@@H]1C(=O)O. The lowest BCUT2D eigenvalue weighted by atomic mass is 9.88. The summed E-state index contributed by atoms with van der Waals surface area (Å²) in [5.74, 6) is -1.56. The van der Waals surface area contributed by atoms with Gasteiger partial charge in [-0.2, -0.15) is 0 Å². The molecule has 0 saturated carbocycles. The van der Waals surface area contributed by atoms with Crippen LogP contribution in [0.1, 0.15) is 66.5 Å². The highest BCUT2D eigenvalue weighted by atomic mass is 35.5. The zero-order valence-corrected chi connectivity index (χ0v) is 30.0. The molecule has 7 atom stereocenters. The number of halogens is 1. The van der Waals surface area contributed by atoms with E-state index in [1.165, 1.54) is 6.92 Å². The van der Waals surface area contributed by atoms with E-state index in [4.69, 9.17) is 40.3 Å². The lowest BCUT2D eigenvalue weighted by Gasteiger charge is -2.38. The van der Waals surface area contributed by atoms with Crippen LogP contribution in [0.3, 0.4) is 0 Å². The number of benzene rings is 2. The third kappa shape index (κ3) is 6.83. The average Bonchev–Trinajstić information content (AvgIpc) is 3.66. The number of fused-ring (bicyclic) bond motifs is 2. The van der Waals surface area contributed by atoms with Crippen molar-refractivity contribution < 1.29 is 48.6 Å². The number of aliphatic hydroxyl groups is 2. The van der Waals surface area contributed by atoms with Crippen LogP contribution in [-0.2, 0) is 37.9 Å². The first-order valence-corrected chi connectivity index (χ1v) is 18.3. The van der Waals surface area contributed by atoms with Gasteiger partial charge in [0.05, 0.1) is 46.9 Å². The summed E-state index contributed by atoms with van der Waals surface area (Å²) >= 11 is 6.07. The molecule has 15 heteroatoms. The third-order valence-corrected chi connectivity index (χ3v) is 11.1. The summed E-state index contributed by atoms with van der Waals surface area (Å²) in [6, 6.07) is 14.6. The smallest absolute Gasteiger partial charge is 0.340 e. The molecule has 3 N–H and O–H groups in total. The van der Waals surface area contributed by atoms with E-state index in [-0.39, 0.29) is 17.6 Å². The van der Waals surface area contributed by atoms with Gasteiger partial charge in [0, 0.05) is 31.2 Å². The number of piperidine rings is 1. The minimum Gasteiger partial charge on any atom is -0.479 e. The number of nitrogens with zero attached hydrogens (tertiary/aromatic N) is 4. The van der Waals surface area contributed by atoms with Gasteiger partial charge >= 0.3 is 11.9 Å². The number of carbonyl (C=O) groups excluding carboxylic acids is 1. The summed E-state index contributed by atoms with van der Waals surface area (Å²) in [7, 11) is 0. The highest BCUT2D eigenvalue weighted by Gasteiger charge is 2.47. The number of ether oxygens (including phenoxy) is 5. The summed E-state index contributed by atoms with van der Waals surface area (Å²) < 4.78 is 31.4. The molecule has 8 rings (SSSR count). The van der Waals surface area contributed by atoms with Gasteiger partial charge in [0.2, 0.25) is 6.29 Å². The first-order valence-electron chi connectivity index (χ1n) is 17.9. The highest BCUT2D eigenvalue weighted by molar-refractivity contribution is 6.30. The highest BCUT2D eigenvalue weighted by Crippen LogP contribution is 2.49. The number of rotatable bonds is 9. The molecule has 2 aromatic heterocycles. The average molecular weight is 749 g/mol. The van der Waals surface area contributed by atoms with Crippen molar-refractivity contribution in [1.29, 1.82) is 0 Å². The maximum absolute atomic E-state index is 13.3. The molecule has 3 fully saturated rings. The molecule has 0 radical (unpaired) electrons. The summed E-state index contributed by atoms with van der Waals surface area (Å²) in [4.78, 5) is 36.7. The number of carbonyl (C=O) groups is 2. The van der Waals surface area contributed by atoms with Gasteiger partial charge in [-0.25, -0.2) is 14.6 Å². The van der Waals surface area contributed by atoms with Gasteiger partial charge in [-0.15, -0.1) is 0 Å². The first-order chi connectivity index (χ1) is 25.5. The van der Waals surface area contributed by atoms with Gasteiger partial charge in [0.15, 0.2) is 17.6 Å². The number of likely N-dealkylation sites (tertiary alicyclic amines) is 1. The molecule has 4 aromatic rings. The molecule has 6 heterocycles. The van der Waals surface area contributed by atoms with E-state index in [0.29, 0.717) is 41.7 Å². The molecule has 280 valence electrons. The van der Waals surface area contributed by atoms with E-state index in [9.17, 15) is 24.9 Å². The Balaban J connectivity index is 0.969. The number of carboxylic acids is 1. The Labute approximate surface area is 310 Å². The van der Waals surface area contributed by atoms with Crippen LogP contribution in [-0.4, -0.2) is 97.1 Å². The predicted molar refractivity (Wildman–Crippen MR) is 189 cm³/mol. The molecule has 4 aliphatic heterocycles. The molecule has 4 aliphatic rings. The molecule has 0 spiro atoms. The summed E-state index contributed by atoms with van der Waals surface area (Å²) in [5, 5.41) is 31.0. The fourth-order valence-electron chi connectivity index (χ4n) is 7.63. The van der Waals surface area contributed by atoms with Gasteiger partial charge in [0.25, 0.3) is 5.79 Å². The van der Waals surface area contributed by atoms with Gasteiger partial charge in [-0.05, 0) is 74.7 Å². The molecular formula is C38H41ClN4O10. The predicted octanol–water partition coefficient (Wildman–Crippen LogP) is 4.22. The normalized spacial score (nSPS) is 28.8. The Morgan fingerprint density at radius 3 is 2.55 bits per heavy atom. The number of pyridine rings is 1. The number of para-hydroxylation sites is 1. The lowest BCUT2D eigenvalue weighted by Crippen LogP contribution is -2.56. The van der Waals surface area contributed by atoms with E-state index in [1.807, 2.05) is 25.1 Å². The Hall–Kier alpha value is -4.31. The first kappa shape index (κ1) is 35.7. The quantitative estimate of drug-likeness (QED) is 0.208. The number of carboxylic acid groups (broad SMARTS) is 1. The molecular weight excluding hydrogens is 708 g/mol. The fraction of sp³-hybridized carbons (Fsp3) is 0.474. The molecule has 0 unspecified atom stereocenters. The summed E-state index contributed by atoms with van der Waals surface area (Å²) in [5.41, 5.74) is 3.34. The zero-order valence-electron chi connectivity index (χ0n) is 29.3. The standard InChI is InChI=1S/C38H41ClN4O10/c1-20-31(44)32(45)37(50-33(20)35(46)47)51-36(48)22-6-8-26-27(16-22)43(18-24-12-15-49-24)30(41-26)19-42-13-10-21(11-14-42)25-4-3-5-28-34(25)53-38(2,52-28)29-9-7-23(39)17-40-29/h3-9,16-17,20-21,24,31-33,37,44-45H,10-15,18-19H2,1-2H3,(H,46,47)/t20-,24-,31-,32+,33-,37-,38-/m0/s1. The van der Waals surface area contributed by atoms with Crippen molar-refractivity contribution in [2.24, 2.45) is 5.92 Å². The third-order valence-electron chi connectivity index (χ3n) is 10.8. The van der Waals surface area contributed by atoms with Crippen LogP contribution in [0.15, 0.2) is 54.7 Å². The Kier molecular flexibility index (Phi) is 9.54. The van der Waals surface area contributed by atoms with E-state index in [1.54, 1.807) is 30.5 Å². The fourth-order valence-corrected chi connectivity index (χ4v) is 7.74. The largest absolute Gasteiger partial charge is 0.479 e. The second-order valence-corrected chi connectivity index (χ2v) is 14.8. The lowest BCUT2D eigenvalue weighted by molar-refractivity contribution is -0.264. The molecule has 0 bridgehead atoms. The van der Waals surface area contributed by atoms with Crippen LogP contribution in [0.5, 0.6) is 11.5 Å². The Morgan fingerprint density at radius 1 is 1.06 bits per heavy atom. The molecule has 3 saturated heterocycles. The number of aromatic nitrogens is 3. The molecule has 0 amide bonds. The summed E-state index contributed by atoms with van der Waals surface area (Å²) in [6.45, 7) is 6.81. The second-order valence-electron chi connectivity index (χ2n) is 14.4. The van der Waals surface area contributed by atoms with Crippen molar-refractivity contribution in [3.63, 3.8) is 0 Å². The molecule has 14 nitrogen and oxygen atoms in total. The number of hydrogen-bond donors (Lipinski definition) is 3. The van der Waals surface area contributed by atoms with Crippen LogP contribution in [0.2, 0.25) is 5.02 Å². The summed E-state index contributed by atoms with van der Waals surface area (Å²) in [6.07, 6.45) is -1.84. The number of hydrogen-bond acceptors (Lipinski definition) is 12. The number of esters is 1. The van der Waals surface area contributed by atoms with Gasteiger partial charge in [-0.3, -0.25) is 9.88 Å². The van der Waals surface area contributed by atoms with Crippen molar-refractivity contribution in [2.45, 2.75) is 88.6 Å². The van der Waals surface area contributed by atoms with Crippen molar-refractivity contribution in [1.82, 2.24) is 19.4 Å². The van der Waals surface area contributed by atoms with E-state index < -0.39 is 48.2 Å². The van der Waals surface area contributed by atoms with Crippen molar-refractivity contribution >= 4 is 34.6 Å². The van der Waals surface area contributed by atoms with Crippen LogP contribution in [0.4, 0.5) is 0 Å². The van der Waals surface area contributed by atoms with Gasteiger partial charge < -0.3 is 43.6 Å². The number of aliphatic hydroxyl groups excluding tert-OH is 2. The minimum absolute atomic E-state index is 0.0193. The number of imidazole rings is 1. The molecule has 53 heavy (non-hydrogen) atoms. The maximum Gasteiger partial charge on any atom is 0.340 e. The monoisotopic (exact) mass is 748 g/mol. The van der Waals surface area contributed by atoms with Crippen LogP contribution in [0, 0.1) is 5.92 Å². The number of aliphatic carboxylic acids is 1. The minimum atomic E-state index is -1.65. The van der Waals surface area contributed by atoms with Crippen molar-refractivity contribution in [3.05, 3.63) is 82.4 Å². The Bertz CT molecular complexity index is 2010. The maximum atomic E-state index is 13.3. The van der Waals surface area contributed by atoms with Crippen LogP contribution < -0.4 is 9.47 Å². The second kappa shape index (κ2) is 14.2. The van der Waals surface area contributed by atoms with Crippen LogP contribution in [0.25, 0.3) is 11.0 Å². The zero-order chi connectivity index (χ0) is 37.0. The van der Waals surface area contributed by atoms with E-state index in [2.05, 4.69) is 20.5 Å². The van der Waals surface area contributed by atoms with E-state index >= 15 is 0 Å². The van der Waals surface area contributed by atoms with Crippen LogP contribution >= 0.6 is 11.6 Å². The Morgan fingerprint density at radius 2 is 1.85 bits per heavy atom.